The molecule has 152 valence electrons. The van der Waals surface area contributed by atoms with E-state index < -0.39 is 38.3 Å². The molecule has 0 fully saturated rings. The number of carbonyl (C=O) groups is 2. The fourth-order valence-electron chi connectivity index (χ4n) is 2.96. The molecule has 0 bridgehead atoms. The van der Waals surface area contributed by atoms with Crippen LogP contribution in [0.1, 0.15) is 33.3 Å². The molecule has 1 aromatic heterocycles. The fraction of sp³-hybridized carbons (Fsp3) is 0.200. The molecule has 0 saturated heterocycles. The molecule has 9 heteroatoms. The number of carbonyl (C=O) groups excluding carboxylic acids is 2. The number of rotatable bonds is 6. The molecule has 1 atom stereocenters. The molecule has 0 unspecified atom stereocenters. The minimum absolute atomic E-state index is 0.0616. The molecule has 0 saturated carbocycles. The number of hydrogen-bond donors (Lipinski definition) is 1. The predicted octanol–water partition coefficient (Wildman–Crippen LogP) is 3.90. The second-order valence-electron chi connectivity index (χ2n) is 6.41. The van der Waals surface area contributed by atoms with Crippen molar-refractivity contribution in [1.82, 2.24) is 4.98 Å². The molecule has 0 aliphatic carbocycles. The van der Waals surface area contributed by atoms with Gasteiger partial charge in [0, 0.05) is 22.2 Å². The number of esters is 1. The van der Waals surface area contributed by atoms with Crippen LogP contribution in [0.25, 0.3) is 10.9 Å². The van der Waals surface area contributed by atoms with Gasteiger partial charge < -0.3 is 9.72 Å². The topological polar surface area (TPSA) is 93.3 Å². The predicted molar refractivity (Wildman–Crippen MR) is 102 cm³/mol. The summed E-state index contributed by atoms with van der Waals surface area (Å²) in [7, 11) is -4.75. The molecule has 3 rings (SSSR count). The number of sulfone groups is 1. The third kappa shape index (κ3) is 3.91. The van der Waals surface area contributed by atoms with E-state index in [1.54, 1.807) is 19.1 Å². The second kappa shape index (κ2) is 7.75. The van der Waals surface area contributed by atoms with Gasteiger partial charge >= 0.3 is 11.7 Å². The van der Waals surface area contributed by atoms with Gasteiger partial charge in [-0.05, 0) is 44.2 Å². The standard InChI is InChI=1S/C20H17F2NO5S/c1-11-17(15-5-3-4-6-16(15)23-11)18(24)12(2)28-19(25)13-7-9-14(10-8-13)29(26,27)20(21)22/h3-10,12,20,23H,1-2H3/t12-/m1/s1. The van der Waals surface area contributed by atoms with Gasteiger partial charge in [-0.25, -0.2) is 13.2 Å². The van der Waals surface area contributed by atoms with Crippen LogP contribution in [-0.2, 0) is 14.6 Å². The van der Waals surface area contributed by atoms with Gasteiger partial charge in [-0.3, -0.25) is 4.79 Å². The molecule has 1 heterocycles. The minimum atomic E-state index is -4.75. The van der Waals surface area contributed by atoms with Gasteiger partial charge in [-0.1, -0.05) is 18.2 Å². The highest BCUT2D eigenvalue weighted by atomic mass is 32.2. The number of aromatic amines is 1. The Bertz CT molecular complexity index is 1180. The van der Waals surface area contributed by atoms with Gasteiger partial charge in [0.25, 0.3) is 0 Å². The van der Waals surface area contributed by atoms with Gasteiger partial charge in [0.1, 0.15) is 0 Å². The van der Waals surface area contributed by atoms with Crippen LogP contribution in [0.15, 0.2) is 53.4 Å². The normalized spacial score (nSPS) is 12.9. The number of aryl methyl sites for hydroxylation is 1. The van der Waals surface area contributed by atoms with E-state index in [-0.39, 0.29) is 5.56 Å². The van der Waals surface area contributed by atoms with Gasteiger partial charge in [0.05, 0.1) is 10.5 Å². The van der Waals surface area contributed by atoms with Crippen LogP contribution >= 0.6 is 0 Å². The summed E-state index contributed by atoms with van der Waals surface area (Å²) in [5, 5.41) is 0.708. The molecular formula is C20H17F2NO5S. The molecular weight excluding hydrogens is 404 g/mol. The van der Waals surface area contributed by atoms with E-state index >= 15 is 0 Å². The number of fused-ring (bicyclic) bond motifs is 1. The van der Waals surface area contributed by atoms with E-state index in [0.29, 0.717) is 16.6 Å². The summed E-state index contributed by atoms with van der Waals surface area (Å²) in [4.78, 5) is 27.6. The van der Waals surface area contributed by atoms with Gasteiger partial charge in [-0.2, -0.15) is 8.78 Å². The molecule has 6 nitrogen and oxygen atoms in total. The highest BCUT2D eigenvalue weighted by Crippen LogP contribution is 2.24. The van der Waals surface area contributed by atoms with E-state index in [1.165, 1.54) is 6.92 Å². The highest BCUT2D eigenvalue weighted by molar-refractivity contribution is 7.91. The Morgan fingerprint density at radius 2 is 1.66 bits per heavy atom. The Labute approximate surface area is 165 Å². The monoisotopic (exact) mass is 421 g/mol. The molecule has 0 radical (unpaired) electrons. The number of alkyl halides is 2. The Morgan fingerprint density at radius 3 is 2.28 bits per heavy atom. The summed E-state index contributed by atoms with van der Waals surface area (Å²) in [6, 6.07) is 11.1. The summed E-state index contributed by atoms with van der Waals surface area (Å²) in [5.41, 5.74) is 1.77. The first-order valence-electron chi connectivity index (χ1n) is 8.57. The van der Waals surface area contributed by atoms with Gasteiger partial charge in [-0.15, -0.1) is 0 Å². The van der Waals surface area contributed by atoms with E-state index in [9.17, 15) is 26.8 Å². The lowest BCUT2D eigenvalue weighted by Crippen LogP contribution is -2.25. The van der Waals surface area contributed by atoms with E-state index in [2.05, 4.69) is 4.98 Å². The Kier molecular flexibility index (Phi) is 5.52. The average molecular weight is 421 g/mol. The minimum Gasteiger partial charge on any atom is -0.451 e. The zero-order valence-electron chi connectivity index (χ0n) is 15.5. The third-order valence-electron chi connectivity index (χ3n) is 4.45. The number of Topliss-reactive ketones (excluding diaryl/α,β-unsaturated/α-hetero) is 1. The zero-order valence-corrected chi connectivity index (χ0v) is 16.3. The smallest absolute Gasteiger partial charge is 0.341 e. The van der Waals surface area contributed by atoms with Crippen LogP contribution in [0.4, 0.5) is 8.78 Å². The molecule has 29 heavy (non-hydrogen) atoms. The maximum Gasteiger partial charge on any atom is 0.341 e. The summed E-state index contributed by atoms with van der Waals surface area (Å²) < 4.78 is 53.2. The van der Waals surface area contributed by atoms with Crippen LogP contribution in [0.2, 0.25) is 0 Å². The van der Waals surface area contributed by atoms with E-state index in [1.807, 2.05) is 12.1 Å². The Morgan fingerprint density at radius 1 is 1.03 bits per heavy atom. The van der Waals surface area contributed by atoms with Crippen molar-refractivity contribution >= 4 is 32.5 Å². The molecule has 3 aromatic rings. The van der Waals surface area contributed by atoms with Crippen LogP contribution in [0, 0.1) is 6.92 Å². The SMILES string of the molecule is Cc1[nH]c2ccccc2c1C(=O)[C@@H](C)OC(=O)c1ccc(S(=O)(=O)C(F)F)cc1. The lowest BCUT2D eigenvalue weighted by Gasteiger charge is -2.13. The molecule has 0 aliphatic rings. The van der Waals surface area contributed by atoms with Crippen LogP contribution in [0.3, 0.4) is 0 Å². The number of ether oxygens (including phenoxy) is 1. The number of ketones is 1. The van der Waals surface area contributed by atoms with Crippen molar-refractivity contribution < 1.29 is 31.5 Å². The molecule has 0 spiro atoms. The third-order valence-corrected chi connectivity index (χ3v) is 5.84. The van der Waals surface area contributed by atoms with Crippen molar-refractivity contribution in [3.05, 3.63) is 65.4 Å². The molecule has 1 N–H and O–H groups in total. The van der Waals surface area contributed by atoms with Crippen molar-refractivity contribution in [3.8, 4) is 0 Å². The number of aromatic nitrogens is 1. The summed E-state index contributed by atoms with van der Waals surface area (Å²) in [6.07, 6.45) is -1.11. The van der Waals surface area contributed by atoms with Crippen molar-refractivity contribution in [2.45, 2.75) is 30.6 Å². The van der Waals surface area contributed by atoms with Crippen LogP contribution in [0.5, 0.6) is 0 Å². The number of para-hydroxylation sites is 1. The quantitative estimate of drug-likeness (QED) is 0.481. The van der Waals surface area contributed by atoms with Gasteiger partial charge in [0.15, 0.2) is 6.10 Å². The molecule has 0 aliphatic heterocycles. The maximum absolute atomic E-state index is 12.8. The van der Waals surface area contributed by atoms with Crippen molar-refractivity contribution in [2.24, 2.45) is 0 Å². The van der Waals surface area contributed by atoms with Crippen molar-refractivity contribution in [1.29, 1.82) is 0 Å². The maximum atomic E-state index is 12.8. The number of H-pyrrole nitrogens is 1. The average Bonchev–Trinajstić information content (AvgIpc) is 3.02. The Hall–Kier alpha value is -3.07. The number of hydrogen-bond acceptors (Lipinski definition) is 5. The van der Waals surface area contributed by atoms with Crippen molar-refractivity contribution in [3.63, 3.8) is 0 Å². The first kappa shape index (κ1) is 20.7. The lowest BCUT2D eigenvalue weighted by atomic mass is 10.0. The lowest BCUT2D eigenvalue weighted by molar-refractivity contribution is 0.0319. The first-order valence-corrected chi connectivity index (χ1v) is 10.1. The number of nitrogens with one attached hydrogen (secondary N) is 1. The fourth-order valence-corrected chi connectivity index (χ4v) is 3.68. The largest absolute Gasteiger partial charge is 0.451 e. The number of benzene rings is 2. The summed E-state index contributed by atoms with van der Waals surface area (Å²) >= 11 is 0. The van der Waals surface area contributed by atoms with E-state index in [0.717, 1.165) is 29.8 Å². The van der Waals surface area contributed by atoms with E-state index in [4.69, 9.17) is 4.74 Å². The second-order valence-corrected chi connectivity index (χ2v) is 8.33. The summed E-state index contributed by atoms with van der Waals surface area (Å²) in [6.45, 7) is 3.17. The highest BCUT2D eigenvalue weighted by Gasteiger charge is 2.28. The van der Waals surface area contributed by atoms with Crippen molar-refractivity contribution in [2.75, 3.05) is 0 Å². The number of halogens is 2. The Balaban J connectivity index is 1.78. The van der Waals surface area contributed by atoms with Gasteiger partial charge in [0.2, 0.25) is 15.6 Å². The molecule has 0 amide bonds. The molecule has 2 aromatic carbocycles. The van der Waals surface area contributed by atoms with Crippen LogP contribution in [-0.4, -0.2) is 37.0 Å². The zero-order chi connectivity index (χ0) is 21.3. The summed E-state index contributed by atoms with van der Waals surface area (Å²) in [5.74, 6) is -4.83. The first-order chi connectivity index (χ1) is 13.6. The van der Waals surface area contributed by atoms with Crippen LogP contribution < -0.4 is 0 Å².